The molecule has 0 saturated carbocycles. The second-order valence-electron chi connectivity index (χ2n) is 5.30. The Morgan fingerprint density at radius 2 is 1.80 bits per heavy atom. The maximum Gasteiger partial charge on any atom is 0.0581 e. The van der Waals surface area contributed by atoms with Crippen LogP contribution in [-0.4, -0.2) is 18.0 Å². The normalized spacial score (nSPS) is 18.2. The largest absolute Gasteiger partial charge is 0.330 e. The first kappa shape index (κ1) is 15.9. The van der Waals surface area contributed by atoms with Crippen molar-refractivity contribution < 1.29 is 32.7 Å². The fourth-order valence-corrected chi connectivity index (χ4v) is 3.00. The molecule has 1 aliphatic rings. The molecule has 0 amide bonds. The van der Waals surface area contributed by atoms with Crippen LogP contribution in [0.3, 0.4) is 0 Å². The Labute approximate surface area is 147 Å². The van der Waals surface area contributed by atoms with Crippen LogP contribution in [0.25, 0.3) is 0 Å². The average Bonchev–Trinajstić information content (AvgIpc) is 2.47. The van der Waals surface area contributed by atoms with Gasteiger partial charge in [0, 0.05) is 39.3 Å². The third kappa shape index (κ3) is 3.06. The monoisotopic (exact) mass is 339 g/mol. The van der Waals surface area contributed by atoms with E-state index in [1.165, 1.54) is 22.3 Å². The van der Waals surface area contributed by atoms with E-state index in [-0.39, 0.29) is 32.7 Å². The fraction of sp³-hybridized carbons (Fsp3) is 0.278. The van der Waals surface area contributed by atoms with Gasteiger partial charge in [0.15, 0.2) is 0 Å². The molecule has 1 radical (unpaired) electrons. The topological polar surface area (TPSA) is 3.24 Å². The molecule has 2 aromatic rings. The van der Waals surface area contributed by atoms with Crippen LogP contribution < -0.4 is 0 Å². The number of aryl methyl sites for hydroxylation is 1. The van der Waals surface area contributed by atoms with Crippen molar-refractivity contribution in [2.45, 2.75) is 19.4 Å². The van der Waals surface area contributed by atoms with Gasteiger partial charge in [-0.05, 0) is 30.0 Å². The molecular formula is C18H20NY-. The van der Waals surface area contributed by atoms with Gasteiger partial charge in [-0.2, -0.15) is 0 Å². The molecule has 1 heterocycles. The molecule has 1 atom stereocenters. The minimum Gasteiger partial charge on any atom is -0.330 e. The van der Waals surface area contributed by atoms with E-state index in [9.17, 15) is 0 Å². The van der Waals surface area contributed by atoms with Crippen LogP contribution in [-0.2, 0) is 39.1 Å². The molecule has 2 heteroatoms. The van der Waals surface area contributed by atoms with Crippen LogP contribution in [0.1, 0.15) is 28.3 Å². The predicted octanol–water partition coefficient (Wildman–Crippen LogP) is 3.77. The van der Waals surface area contributed by atoms with Gasteiger partial charge < -0.3 is 11.8 Å². The third-order valence-electron chi connectivity index (χ3n) is 4.06. The number of fused-ring (bicyclic) bond motifs is 1. The van der Waals surface area contributed by atoms with Crippen LogP contribution >= 0.6 is 0 Å². The molecule has 1 nitrogen and oxygen atoms in total. The van der Waals surface area contributed by atoms with Crippen molar-refractivity contribution in [1.82, 2.24) is 4.90 Å². The van der Waals surface area contributed by atoms with Crippen LogP contribution in [0.15, 0.2) is 48.5 Å². The SMILES string of the molecule is [CH2-]CN1CCc2ccccc2C1c1ccc(C)cc1.[Y]. The van der Waals surface area contributed by atoms with E-state index >= 15 is 0 Å². The summed E-state index contributed by atoms with van der Waals surface area (Å²) < 4.78 is 0. The van der Waals surface area contributed by atoms with E-state index in [4.69, 9.17) is 0 Å². The molecule has 0 N–H and O–H groups in total. The van der Waals surface area contributed by atoms with E-state index < -0.39 is 0 Å². The Kier molecular flexibility index (Phi) is 5.54. The minimum atomic E-state index is 0. The molecule has 2 aromatic carbocycles. The zero-order valence-corrected chi connectivity index (χ0v) is 14.9. The first-order valence-corrected chi connectivity index (χ1v) is 6.97. The Hall–Kier alpha value is -0.496. The molecule has 20 heavy (non-hydrogen) atoms. The van der Waals surface area contributed by atoms with Crippen molar-refractivity contribution in [2.24, 2.45) is 0 Å². The Bertz CT molecular complexity index is 562. The predicted molar refractivity (Wildman–Crippen MR) is 80.1 cm³/mol. The second-order valence-corrected chi connectivity index (χ2v) is 5.30. The zero-order chi connectivity index (χ0) is 13.2. The Morgan fingerprint density at radius 3 is 2.50 bits per heavy atom. The number of rotatable bonds is 2. The molecule has 3 rings (SSSR count). The summed E-state index contributed by atoms with van der Waals surface area (Å²) in [7, 11) is 0. The van der Waals surface area contributed by atoms with Crippen LogP contribution in [0.2, 0.25) is 0 Å². The van der Waals surface area contributed by atoms with E-state index in [0.29, 0.717) is 6.04 Å². The van der Waals surface area contributed by atoms with Gasteiger partial charge in [-0.3, -0.25) is 0 Å². The average molecular weight is 339 g/mol. The third-order valence-corrected chi connectivity index (χ3v) is 4.06. The molecular weight excluding hydrogens is 319 g/mol. The number of nitrogens with zero attached hydrogens (tertiary/aromatic N) is 1. The quantitative estimate of drug-likeness (QED) is 0.753. The molecule has 101 valence electrons. The molecule has 0 fully saturated rings. The van der Waals surface area contributed by atoms with Gasteiger partial charge in [0.25, 0.3) is 0 Å². The van der Waals surface area contributed by atoms with E-state index in [2.05, 4.69) is 67.3 Å². The van der Waals surface area contributed by atoms with Crippen molar-refractivity contribution in [1.29, 1.82) is 0 Å². The van der Waals surface area contributed by atoms with E-state index in [1.807, 2.05) is 0 Å². The minimum absolute atomic E-state index is 0. The summed E-state index contributed by atoms with van der Waals surface area (Å²) in [6.07, 6.45) is 1.13. The molecule has 1 unspecified atom stereocenters. The second kappa shape index (κ2) is 6.98. The molecule has 0 spiro atoms. The fourth-order valence-electron chi connectivity index (χ4n) is 3.00. The Morgan fingerprint density at radius 1 is 1.10 bits per heavy atom. The maximum absolute atomic E-state index is 4.10. The summed E-state index contributed by atoms with van der Waals surface area (Å²) in [5.74, 6) is 0. The molecule has 0 aliphatic carbocycles. The number of hydrogen-bond acceptors (Lipinski definition) is 1. The van der Waals surface area contributed by atoms with Crippen LogP contribution in [0.4, 0.5) is 0 Å². The molecule has 0 bridgehead atoms. The van der Waals surface area contributed by atoms with Crippen molar-refractivity contribution in [3.63, 3.8) is 0 Å². The van der Waals surface area contributed by atoms with Crippen molar-refractivity contribution in [2.75, 3.05) is 13.1 Å². The first-order chi connectivity index (χ1) is 9.29. The van der Waals surface area contributed by atoms with E-state index in [0.717, 1.165) is 19.5 Å². The summed E-state index contributed by atoms with van der Waals surface area (Å²) in [6, 6.07) is 18.1. The van der Waals surface area contributed by atoms with Gasteiger partial charge in [-0.25, -0.2) is 0 Å². The van der Waals surface area contributed by atoms with E-state index in [1.54, 1.807) is 0 Å². The number of benzene rings is 2. The Balaban J connectivity index is 0.00000147. The standard InChI is InChI=1S/C18H20N.Y/c1-3-19-13-12-15-6-4-5-7-17(15)18(19)16-10-8-14(2)9-11-16;/h4-11,18H,1,3,12-13H2,2H3;/q-1;. The van der Waals surface area contributed by atoms with Gasteiger partial charge in [0.1, 0.15) is 0 Å². The maximum atomic E-state index is 4.10. The summed E-state index contributed by atoms with van der Waals surface area (Å²) in [5.41, 5.74) is 5.62. The smallest absolute Gasteiger partial charge is 0.0581 e. The summed E-state index contributed by atoms with van der Waals surface area (Å²) in [6.45, 7) is 8.19. The molecule has 1 aliphatic heterocycles. The summed E-state index contributed by atoms with van der Waals surface area (Å²) in [5, 5.41) is 0. The van der Waals surface area contributed by atoms with Crippen LogP contribution in [0, 0.1) is 13.8 Å². The van der Waals surface area contributed by atoms with Gasteiger partial charge in [-0.1, -0.05) is 54.1 Å². The van der Waals surface area contributed by atoms with Gasteiger partial charge in [-0.15, -0.1) is 6.54 Å². The number of hydrogen-bond donors (Lipinski definition) is 0. The zero-order valence-electron chi connectivity index (χ0n) is 12.0. The molecule has 0 saturated heterocycles. The summed E-state index contributed by atoms with van der Waals surface area (Å²) >= 11 is 0. The van der Waals surface area contributed by atoms with Crippen molar-refractivity contribution in [3.05, 3.63) is 77.7 Å². The van der Waals surface area contributed by atoms with Gasteiger partial charge in [0.05, 0.1) is 6.04 Å². The first-order valence-electron chi connectivity index (χ1n) is 6.97. The van der Waals surface area contributed by atoms with Crippen LogP contribution in [0.5, 0.6) is 0 Å². The van der Waals surface area contributed by atoms with Gasteiger partial charge in [0.2, 0.25) is 0 Å². The summed E-state index contributed by atoms with van der Waals surface area (Å²) in [4.78, 5) is 2.47. The van der Waals surface area contributed by atoms with Crippen molar-refractivity contribution in [3.8, 4) is 0 Å². The molecule has 0 aromatic heterocycles. The van der Waals surface area contributed by atoms with Crippen molar-refractivity contribution >= 4 is 0 Å². The van der Waals surface area contributed by atoms with Gasteiger partial charge >= 0.3 is 0 Å².